The zero-order chi connectivity index (χ0) is 16.8. The standard InChI is InChI=1S/C17H15Cl3N2O/c1-2-16(14-8-7-13(19)10-15(14)20)21-22-17(23)9-11-3-5-12(18)6-4-11/h3-8,10H,2,9H2,1H3,(H,22,23)/b21-16-. The van der Waals surface area contributed by atoms with E-state index in [1.165, 1.54) is 0 Å². The average molecular weight is 370 g/mol. The number of rotatable bonds is 5. The highest BCUT2D eigenvalue weighted by molar-refractivity contribution is 6.37. The first-order valence-electron chi connectivity index (χ1n) is 7.05. The summed E-state index contributed by atoms with van der Waals surface area (Å²) in [6.07, 6.45) is 0.856. The molecule has 1 N–H and O–H groups in total. The van der Waals surface area contributed by atoms with Crippen LogP contribution >= 0.6 is 34.8 Å². The van der Waals surface area contributed by atoms with Gasteiger partial charge in [0.2, 0.25) is 5.91 Å². The smallest absolute Gasteiger partial charge is 0.244 e. The van der Waals surface area contributed by atoms with E-state index in [-0.39, 0.29) is 12.3 Å². The van der Waals surface area contributed by atoms with E-state index in [4.69, 9.17) is 34.8 Å². The van der Waals surface area contributed by atoms with Crippen LogP contribution in [-0.4, -0.2) is 11.6 Å². The van der Waals surface area contributed by atoms with E-state index >= 15 is 0 Å². The van der Waals surface area contributed by atoms with Crippen molar-refractivity contribution < 1.29 is 4.79 Å². The van der Waals surface area contributed by atoms with Crippen LogP contribution in [0.4, 0.5) is 0 Å². The molecule has 0 saturated heterocycles. The monoisotopic (exact) mass is 368 g/mol. The molecule has 23 heavy (non-hydrogen) atoms. The maximum absolute atomic E-state index is 12.0. The van der Waals surface area contributed by atoms with Crippen LogP contribution in [0.1, 0.15) is 24.5 Å². The topological polar surface area (TPSA) is 41.5 Å². The summed E-state index contributed by atoms with van der Waals surface area (Å²) in [5, 5.41) is 5.88. The van der Waals surface area contributed by atoms with Crippen molar-refractivity contribution in [3.8, 4) is 0 Å². The summed E-state index contributed by atoms with van der Waals surface area (Å²) in [6, 6.07) is 12.3. The Morgan fingerprint density at radius 3 is 2.30 bits per heavy atom. The van der Waals surface area contributed by atoms with E-state index in [0.29, 0.717) is 27.2 Å². The zero-order valence-corrected chi connectivity index (χ0v) is 14.7. The molecule has 6 heteroatoms. The van der Waals surface area contributed by atoms with Gasteiger partial charge < -0.3 is 0 Å². The van der Waals surface area contributed by atoms with Crippen molar-refractivity contribution in [2.45, 2.75) is 19.8 Å². The summed E-state index contributed by atoms with van der Waals surface area (Å²) in [5.74, 6) is -0.205. The predicted octanol–water partition coefficient (Wildman–Crippen LogP) is 5.12. The quantitative estimate of drug-likeness (QED) is 0.577. The largest absolute Gasteiger partial charge is 0.273 e. The van der Waals surface area contributed by atoms with Gasteiger partial charge in [-0.2, -0.15) is 5.10 Å². The Bertz CT molecular complexity index is 727. The van der Waals surface area contributed by atoms with Crippen molar-refractivity contribution in [1.29, 1.82) is 0 Å². The molecular formula is C17H15Cl3N2O. The van der Waals surface area contributed by atoms with Crippen LogP contribution in [0, 0.1) is 0 Å². The SMILES string of the molecule is CC/C(=N/NC(=O)Cc1ccc(Cl)cc1)c1ccc(Cl)cc1Cl. The Balaban J connectivity index is 2.06. The van der Waals surface area contributed by atoms with Gasteiger partial charge >= 0.3 is 0 Å². The minimum atomic E-state index is -0.205. The molecule has 0 aliphatic heterocycles. The highest BCUT2D eigenvalue weighted by atomic mass is 35.5. The molecule has 2 rings (SSSR count). The maximum Gasteiger partial charge on any atom is 0.244 e. The molecule has 0 heterocycles. The number of nitrogens with one attached hydrogen (secondary N) is 1. The molecule has 3 nitrogen and oxygen atoms in total. The Morgan fingerprint density at radius 1 is 1.04 bits per heavy atom. The molecule has 2 aromatic carbocycles. The van der Waals surface area contributed by atoms with Gasteiger partial charge in [-0.05, 0) is 36.2 Å². The van der Waals surface area contributed by atoms with Crippen LogP contribution in [0.2, 0.25) is 15.1 Å². The number of carbonyl (C=O) groups is 1. The van der Waals surface area contributed by atoms with Gasteiger partial charge in [-0.1, -0.05) is 59.9 Å². The second-order valence-electron chi connectivity index (χ2n) is 4.87. The number of carbonyl (C=O) groups excluding carboxylic acids is 1. The first-order chi connectivity index (χ1) is 11.0. The van der Waals surface area contributed by atoms with Gasteiger partial charge in [0.15, 0.2) is 0 Å². The first kappa shape index (κ1) is 17.8. The number of halogens is 3. The van der Waals surface area contributed by atoms with Gasteiger partial charge in [-0.15, -0.1) is 0 Å². The van der Waals surface area contributed by atoms with Crippen LogP contribution < -0.4 is 5.43 Å². The minimum Gasteiger partial charge on any atom is -0.273 e. The fourth-order valence-corrected chi connectivity index (χ4v) is 2.65. The van der Waals surface area contributed by atoms with Gasteiger partial charge in [-0.25, -0.2) is 5.43 Å². The van der Waals surface area contributed by atoms with Crippen LogP contribution in [-0.2, 0) is 11.2 Å². The third-order valence-corrected chi connectivity index (χ3v) is 3.97. The Labute approximate surface area is 150 Å². The Kier molecular flexibility index (Phi) is 6.46. The van der Waals surface area contributed by atoms with Crippen molar-refractivity contribution in [2.75, 3.05) is 0 Å². The van der Waals surface area contributed by atoms with E-state index in [1.54, 1.807) is 30.3 Å². The Morgan fingerprint density at radius 2 is 1.70 bits per heavy atom. The van der Waals surface area contributed by atoms with Crippen molar-refractivity contribution in [3.63, 3.8) is 0 Å². The molecular weight excluding hydrogens is 355 g/mol. The van der Waals surface area contributed by atoms with Crippen molar-refractivity contribution in [2.24, 2.45) is 5.10 Å². The number of hydrogen-bond acceptors (Lipinski definition) is 2. The van der Waals surface area contributed by atoms with Crippen LogP contribution in [0.15, 0.2) is 47.6 Å². The van der Waals surface area contributed by atoms with E-state index in [1.807, 2.05) is 19.1 Å². The lowest BCUT2D eigenvalue weighted by molar-refractivity contribution is -0.120. The van der Waals surface area contributed by atoms with Crippen molar-refractivity contribution >= 4 is 46.4 Å². The minimum absolute atomic E-state index is 0.205. The van der Waals surface area contributed by atoms with Crippen molar-refractivity contribution in [1.82, 2.24) is 5.43 Å². The van der Waals surface area contributed by atoms with Crippen LogP contribution in [0.3, 0.4) is 0 Å². The number of nitrogens with zero attached hydrogens (tertiary/aromatic N) is 1. The van der Waals surface area contributed by atoms with E-state index < -0.39 is 0 Å². The second kappa shape index (κ2) is 8.34. The fraction of sp³-hybridized carbons (Fsp3) is 0.176. The third-order valence-electron chi connectivity index (χ3n) is 3.17. The van der Waals surface area contributed by atoms with Gasteiger partial charge in [-0.3, -0.25) is 4.79 Å². The molecule has 0 aromatic heterocycles. The highest BCUT2D eigenvalue weighted by Crippen LogP contribution is 2.22. The molecule has 1 amide bonds. The molecule has 0 atom stereocenters. The third kappa shape index (κ3) is 5.24. The Hall–Kier alpha value is -1.55. The van der Waals surface area contributed by atoms with E-state index in [9.17, 15) is 4.79 Å². The number of benzene rings is 2. The molecule has 0 bridgehead atoms. The predicted molar refractivity (Wildman–Crippen MR) is 96.6 cm³/mol. The molecule has 0 spiro atoms. The lowest BCUT2D eigenvalue weighted by Crippen LogP contribution is -2.21. The van der Waals surface area contributed by atoms with Crippen LogP contribution in [0.5, 0.6) is 0 Å². The molecule has 0 unspecified atom stereocenters. The molecule has 0 fully saturated rings. The zero-order valence-electron chi connectivity index (χ0n) is 12.4. The summed E-state index contributed by atoms with van der Waals surface area (Å²) in [4.78, 5) is 12.0. The molecule has 120 valence electrons. The van der Waals surface area contributed by atoms with E-state index in [0.717, 1.165) is 11.1 Å². The van der Waals surface area contributed by atoms with Crippen molar-refractivity contribution in [3.05, 3.63) is 68.7 Å². The normalized spacial score (nSPS) is 11.4. The van der Waals surface area contributed by atoms with Gasteiger partial charge in [0.05, 0.1) is 17.2 Å². The lowest BCUT2D eigenvalue weighted by Gasteiger charge is -2.08. The second-order valence-corrected chi connectivity index (χ2v) is 6.15. The highest BCUT2D eigenvalue weighted by Gasteiger charge is 2.09. The molecule has 0 aliphatic rings. The molecule has 0 radical (unpaired) electrons. The van der Waals surface area contributed by atoms with E-state index in [2.05, 4.69) is 10.5 Å². The first-order valence-corrected chi connectivity index (χ1v) is 8.18. The summed E-state index contributed by atoms with van der Waals surface area (Å²) >= 11 is 17.9. The van der Waals surface area contributed by atoms with Gasteiger partial charge in [0.25, 0.3) is 0 Å². The molecule has 2 aromatic rings. The summed E-state index contributed by atoms with van der Waals surface area (Å²) < 4.78 is 0. The summed E-state index contributed by atoms with van der Waals surface area (Å²) in [7, 11) is 0. The molecule has 0 aliphatic carbocycles. The van der Waals surface area contributed by atoms with Crippen LogP contribution in [0.25, 0.3) is 0 Å². The lowest BCUT2D eigenvalue weighted by atomic mass is 10.1. The maximum atomic E-state index is 12.0. The van der Waals surface area contributed by atoms with Gasteiger partial charge in [0, 0.05) is 15.6 Å². The molecule has 0 saturated carbocycles. The summed E-state index contributed by atoms with van der Waals surface area (Å²) in [6.45, 7) is 1.94. The average Bonchev–Trinajstić information content (AvgIpc) is 2.52. The number of hydrogen-bond donors (Lipinski definition) is 1. The number of amides is 1. The summed E-state index contributed by atoms with van der Waals surface area (Å²) in [5.41, 5.74) is 4.87. The number of hydrazone groups is 1. The fourth-order valence-electron chi connectivity index (χ4n) is 2.01. The van der Waals surface area contributed by atoms with Gasteiger partial charge in [0.1, 0.15) is 0 Å².